The van der Waals surface area contributed by atoms with E-state index >= 15 is 0 Å². The summed E-state index contributed by atoms with van der Waals surface area (Å²) in [7, 11) is 0. The van der Waals surface area contributed by atoms with E-state index in [4.69, 9.17) is 5.73 Å². The fraction of sp³-hybridized carbons (Fsp3) is 0.286. The summed E-state index contributed by atoms with van der Waals surface area (Å²) < 4.78 is 1.79. The summed E-state index contributed by atoms with van der Waals surface area (Å²) in [5.41, 5.74) is 6.61. The van der Waals surface area contributed by atoms with Crippen LogP contribution in [0.4, 0.5) is 5.82 Å². The van der Waals surface area contributed by atoms with E-state index in [0.29, 0.717) is 19.5 Å². The fourth-order valence-corrected chi connectivity index (χ4v) is 2.43. The van der Waals surface area contributed by atoms with Crippen LogP contribution in [0.2, 0.25) is 0 Å². The number of nitrogens with zero attached hydrogens (tertiary/aromatic N) is 3. The molecule has 1 aromatic heterocycles. The molecule has 0 spiro atoms. The van der Waals surface area contributed by atoms with Crippen molar-refractivity contribution < 1.29 is 4.79 Å². The van der Waals surface area contributed by atoms with Gasteiger partial charge in [0.2, 0.25) is 5.91 Å². The third kappa shape index (κ3) is 2.13. The molecule has 0 radical (unpaired) electrons. The first-order valence-electron chi connectivity index (χ1n) is 6.39. The zero-order valence-electron chi connectivity index (χ0n) is 10.6. The molecule has 5 heteroatoms. The molecule has 2 N–H and O–H groups in total. The maximum absolute atomic E-state index is 12.1. The molecule has 1 atom stereocenters. The zero-order valence-corrected chi connectivity index (χ0v) is 10.6. The number of aromatic nitrogens is 2. The number of para-hydroxylation sites is 1. The van der Waals surface area contributed by atoms with Gasteiger partial charge in [-0.1, -0.05) is 18.2 Å². The molecule has 1 fully saturated rings. The summed E-state index contributed by atoms with van der Waals surface area (Å²) in [6.45, 7) is 1.22. The minimum absolute atomic E-state index is 0.119. The molecule has 1 unspecified atom stereocenters. The lowest BCUT2D eigenvalue weighted by Gasteiger charge is -2.17. The van der Waals surface area contributed by atoms with Gasteiger partial charge < -0.3 is 5.73 Å². The SMILES string of the molecule is NCC1CC(=O)N(c2ccnn2-c2ccccc2)C1. The number of hydrogen-bond donors (Lipinski definition) is 1. The lowest BCUT2D eigenvalue weighted by molar-refractivity contribution is -0.117. The third-order valence-electron chi connectivity index (χ3n) is 3.44. The number of hydrogen-bond acceptors (Lipinski definition) is 3. The Hall–Kier alpha value is -2.14. The summed E-state index contributed by atoms with van der Waals surface area (Å²) in [5.74, 6) is 1.17. The van der Waals surface area contributed by atoms with E-state index in [1.165, 1.54) is 0 Å². The van der Waals surface area contributed by atoms with Crippen molar-refractivity contribution in [3.05, 3.63) is 42.6 Å². The molecule has 3 rings (SSSR count). The molecule has 19 heavy (non-hydrogen) atoms. The van der Waals surface area contributed by atoms with Crippen LogP contribution in [0.15, 0.2) is 42.6 Å². The lowest BCUT2D eigenvalue weighted by Crippen LogP contribution is -2.27. The average Bonchev–Trinajstić information content (AvgIpc) is 3.05. The molecule has 0 bridgehead atoms. The lowest BCUT2D eigenvalue weighted by atomic mass is 10.1. The van der Waals surface area contributed by atoms with Crippen LogP contribution >= 0.6 is 0 Å². The van der Waals surface area contributed by atoms with E-state index in [-0.39, 0.29) is 11.8 Å². The van der Waals surface area contributed by atoms with E-state index < -0.39 is 0 Å². The van der Waals surface area contributed by atoms with Crippen molar-refractivity contribution in [2.75, 3.05) is 18.0 Å². The quantitative estimate of drug-likeness (QED) is 0.897. The normalized spacial score (nSPS) is 19.1. The van der Waals surface area contributed by atoms with E-state index in [0.717, 1.165) is 11.5 Å². The van der Waals surface area contributed by atoms with Crippen LogP contribution in [0.25, 0.3) is 5.69 Å². The smallest absolute Gasteiger partial charge is 0.228 e. The first kappa shape index (κ1) is 11.9. The van der Waals surface area contributed by atoms with Crippen LogP contribution in [-0.2, 0) is 4.79 Å². The van der Waals surface area contributed by atoms with E-state index in [9.17, 15) is 4.79 Å². The Morgan fingerprint density at radius 1 is 1.26 bits per heavy atom. The van der Waals surface area contributed by atoms with Crippen molar-refractivity contribution in [3.8, 4) is 5.69 Å². The predicted molar refractivity (Wildman–Crippen MR) is 73.1 cm³/mol. The van der Waals surface area contributed by atoms with Crippen LogP contribution < -0.4 is 10.6 Å². The topological polar surface area (TPSA) is 64.2 Å². The van der Waals surface area contributed by atoms with Gasteiger partial charge in [0.25, 0.3) is 0 Å². The van der Waals surface area contributed by atoms with Gasteiger partial charge >= 0.3 is 0 Å². The van der Waals surface area contributed by atoms with Gasteiger partial charge in [0.1, 0.15) is 5.82 Å². The number of carbonyl (C=O) groups is 1. The standard InChI is InChI=1S/C14H16N4O/c15-9-11-8-14(19)17(10-11)13-6-7-16-18(13)12-4-2-1-3-5-12/h1-7,11H,8-10,15H2. The van der Waals surface area contributed by atoms with Crippen molar-refractivity contribution in [1.29, 1.82) is 0 Å². The maximum atomic E-state index is 12.1. The minimum atomic E-state index is 0.119. The Morgan fingerprint density at radius 2 is 2.05 bits per heavy atom. The number of amides is 1. The number of benzene rings is 1. The summed E-state index contributed by atoms with van der Waals surface area (Å²) in [4.78, 5) is 13.8. The van der Waals surface area contributed by atoms with Gasteiger partial charge in [0, 0.05) is 19.0 Å². The Bertz CT molecular complexity index is 578. The van der Waals surface area contributed by atoms with E-state index in [1.54, 1.807) is 15.8 Å². The number of anilines is 1. The molecule has 5 nitrogen and oxygen atoms in total. The number of rotatable bonds is 3. The van der Waals surface area contributed by atoms with Gasteiger partial charge in [-0.2, -0.15) is 5.10 Å². The highest BCUT2D eigenvalue weighted by Gasteiger charge is 2.31. The molecule has 1 amide bonds. The largest absolute Gasteiger partial charge is 0.330 e. The predicted octanol–water partition coefficient (Wildman–Crippen LogP) is 1.18. The van der Waals surface area contributed by atoms with E-state index in [2.05, 4.69) is 5.10 Å². The first-order chi connectivity index (χ1) is 9.29. The van der Waals surface area contributed by atoms with Crippen molar-refractivity contribution in [2.24, 2.45) is 11.7 Å². The summed E-state index contributed by atoms with van der Waals surface area (Å²) in [6.07, 6.45) is 2.24. The van der Waals surface area contributed by atoms with Gasteiger partial charge in [-0.05, 0) is 24.6 Å². The molecule has 1 aromatic carbocycles. The number of carbonyl (C=O) groups excluding carboxylic acids is 1. The molecular weight excluding hydrogens is 240 g/mol. The second-order valence-electron chi connectivity index (χ2n) is 4.75. The van der Waals surface area contributed by atoms with Gasteiger partial charge in [-0.25, -0.2) is 4.68 Å². The van der Waals surface area contributed by atoms with Crippen molar-refractivity contribution in [2.45, 2.75) is 6.42 Å². The highest BCUT2D eigenvalue weighted by Crippen LogP contribution is 2.26. The molecular formula is C14H16N4O. The Kier molecular flexibility index (Phi) is 3.05. The van der Waals surface area contributed by atoms with Crippen LogP contribution in [0.1, 0.15) is 6.42 Å². The van der Waals surface area contributed by atoms with Gasteiger partial charge in [0.05, 0.1) is 11.9 Å². The van der Waals surface area contributed by atoms with Gasteiger partial charge in [0.15, 0.2) is 0 Å². The summed E-state index contributed by atoms with van der Waals surface area (Å²) in [6, 6.07) is 11.7. The Labute approximate surface area is 111 Å². The van der Waals surface area contributed by atoms with Crippen LogP contribution in [0.5, 0.6) is 0 Å². The minimum Gasteiger partial charge on any atom is -0.330 e. The van der Waals surface area contributed by atoms with Crippen molar-refractivity contribution in [3.63, 3.8) is 0 Å². The maximum Gasteiger partial charge on any atom is 0.228 e. The van der Waals surface area contributed by atoms with Crippen LogP contribution in [-0.4, -0.2) is 28.8 Å². The van der Waals surface area contributed by atoms with Crippen LogP contribution in [0.3, 0.4) is 0 Å². The molecule has 1 aliphatic heterocycles. The zero-order chi connectivity index (χ0) is 13.2. The van der Waals surface area contributed by atoms with E-state index in [1.807, 2.05) is 36.4 Å². The highest BCUT2D eigenvalue weighted by atomic mass is 16.2. The second kappa shape index (κ2) is 4.85. The monoisotopic (exact) mass is 256 g/mol. The Balaban J connectivity index is 1.95. The second-order valence-corrected chi connectivity index (χ2v) is 4.75. The average molecular weight is 256 g/mol. The molecule has 2 heterocycles. The fourth-order valence-electron chi connectivity index (χ4n) is 2.43. The Morgan fingerprint density at radius 3 is 2.74 bits per heavy atom. The van der Waals surface area contributed by atoms with Gasteiger partial charge in [-0.15, -0.1) is 0 Å². The molecule has 98 valence electrons. The number of nitrogens with two attached hydrogens (primary N) is 1. The van der Waals surface area contributed by atoms with Crippen molar-refractivity contribution >= 4 is 11.7 Å². The third-order valence-corrected chi connectivity index (χ3v) is 3.44. The summed E-state index contributed by atoms with van der Waals surface area (Å²) in [5, 5.41) is 4.31. The highest BCUT2D eigenvalue weighted by molar-refractivity contribution is 5.95. The van der Waals surface area contributed by atoms with Crippen molar-refractivity contribution in [1.82, 2.24) is 9.78 Å². The molecule has 1 aliphatic rings. The summed E-state index contributed by atoms with van der Waals surface area (Å²) >= 11 is 0. The molecule has 0 saturated carbocycles. The molecule has 0 aliphatic carbocycles. The first-order valence-corrected chi connectivity index (χ1v) is 6.39. The van der Waals surface area contributed by atoms with Crippen LogP contribution in [0, 0.1) is 5.92 Å². The molecule has 2 aromatic rings. The van der Waals surface area contributed by atoms with Gasteiger partial charge in [-0.3, -0.25) is 9.69 Å². The molecule has 1 saturated heterocycles.